The predicted molar refractivity (Wildman–Crippen MR) is 87.9 cm³/mol. The van der Waals surface area contributed by atoms with Crippen molar-refractivity contribution in [1.29, 1.82) is 0 Å². The van der Waals surface area contributed by atoms with E-state index in [0.717, 1.165) is 29.5 Å². The summed E-state index contributed by atoms with van der Waals surface area (Å²) in [5.41, 5.74) is 2.78. The topological polar surface area (TPSA) is 50.2 Å². The Morgan fingerprint density at radius 2 is 1.95 bits per heavy atom. The zero-order valence-corrected chi connectivity index (χ0v) is 14.1. The average Bonchev–Trinajstić information content (AvgIpc) is 2.74. The molecule has 5 nitrogen and oxygen atoms in total. The first-order valence-electron chi connectivity index (χ1n) is 8.60. The Bertz CT molecular complexity index is 549. The van der Waals surface area contributed by atoms with Crippen molar-refractivity contribution in [1.82, 2.24) is 14.7 Å². The average molecular weight is 304 g/mol. The normalized spacial score (nSPS) is 25.8. The largest absolute Gasteiger partial charge is 0.322 e. The molecule has 1 saturated carbocycles. The summed E-state index contributed by atoms with van der Waals surface area (Å²) in [6.45, 7) is 5.53. The van der Waals surface area contributed by atoms with E-state index in [1.807, 2.05) is 25.6 Å². The van der Waals surface area contributed by atoms with Gasteiger partial charge in [-0.05, 0) is 52.0 Å². The zero-order chi connectivity index (χ0) is 15.7. The maximum absolute atomic E-state index is 12.5. The van der Waals surface area contributed by atoms with Crippen molar-refractivity contribution in [2.45, 2.75) is 58.4 Å². The molecule has 0 unspecified atom stereocenters. The van der Waals surface area contributed by atoms with Crippen molar-refractivity contribution in [3.05, 3.63) is 11.4 Å². The number of rotatable bonds is 3. The highest BCUT2D eigenvalue weighted by Gasteiger charge is 2.33. The first-order valence-corrected chi connectivity index (χ1v) is 8.60. The van der Waals surface area contributed by atoms with Crippen LogP contribution in [0.5, 0.6) is 0 Å². The van der Waals surface area contributed by atoms with E-state index < -0.39 is 0 Å². The monoisotopic (exact) mass is 304 g/mol. The minimum atomic E-state index is 0.102. The van der Waals surface area contributed by atoms with Gasteiger partial charge in [-0.2, -0.15) is 5.10 Å². The van der Waals surface area contributed by atoms with Gasteiger partial charge in [0.15, 0.2) is 0 Å². The lowest BCUT2D eigenvalue weighted by Crippen LogP contribution is -2.49. The van der Waals surface area contributed by atoms with Crippen molar-refractivity contribution in [2.75, 3.05) is 18.4 Å². The highest BCUT2D eigenvalue weighted by molar-refractivity contribution is 5.93. The number of likely N-dealkylation sites (tertiary alicyclic amines) is 1. The van der Waals surface area contributed by atoms with E-state index >= 15 is 0 Å². The van der Waals surface area contributed by atoms with Gasteiger partial charge in [-0.1, -0.05) is 12.8 Å². The fraction of sp³-hybridized carbons (Fsp3) is 0.765. The SMILES string of the molecule is Cc1nn(C)c(C)c1NC(=O)CN1CCC[C@H]2CCCC[C@@H]21. The summed E-state index contributed by atoms with van der Waals surface area (Å²) >= 11 is 0. The van der Waals surface area contributed by atoms with Crippen LogP contribution in [-0.4, -0.2) is 39.7 Å². The number of aromatic nitrogens is 2. The summed E-state index contributed by atoms with van der Waals surface area (Å²) in [6, 6.07) is 0.629. The van der Waals surface area contributed by atoms with Gasteiger partial charge < -0.3 is 5.32 Å². The van der Waals surface area contributed by atoms with Gasteiger partial charge in [-0.15, -0.1) is 0 Å². The van der Waals surface area contributed by atoms with Gasteiger partial charge in [0, 0.05) is 13.1 Å². The van der Waals surface area contributed by atoms with Gasteiger partial charge in [0.2, 0.25) is 5.91 Å². The number of nitrogens with zero attached hydrogens (tertiary/aromatic N) is 3. The van der Waals surface area contributed by atoms with Gasteiger partial charge in [0.05, 0.1) is 23.6 Å². The first-order chi connectivity index (χ1) is 10.6. The minimum absolute atomic E-state index is 0.102. The van der Waals surface area contributed by atoms with Crippen LogP contribution in [0.15, 0.2) is 0 Å². The van der Waals surface area contributed by atoms with Gasteiger partial charge in [-0.3, -0.25) is 14.4 Å². The molecule has 1 N–H and O–H groups in total. The summed E-state index contributed by atoms with van der Waals surface area (Å²) in [7, 11) is 1.91. The van der Waals surface area contributed by atoms with Gasteiger partial charge in [-0.25, -0.2) is 0 Å². The van der Waals surface area contributed by atoms with Crippen molar-refractivity contribution in [2.24, 2.45) is 13.0 Å². The molecule has 1 aromatic rings. The lowest BCUT2D eigenvalue weighted by Gasteiger charge is -2.43. The lowest BCUT2D eigenvalue weighted by molar-refractivity contribution is -0.118. The number of aryl methyl sites for hydroxylation is 2. The van der Waals surface area contributed by atoms with Crippen LogP contribution in [0, 0.1) is 19.8 Å². The van der Waals surface area contributed by atoms with E-state index in [1.165, 1.54) is 38.5 Å². The molecule has 2 aliphatic rings. The molecule has 2 atom stereocenters. The third-order valence-corrected chi connectivity index (χ3v) is 5.48. The minimum Gasteiger partial charge on any atom is -0.322 e. The smallest absolute Gasteiger partial charge is 0.238 e. The number of piperidine rings is 1. The number of carbonyl (C=O) groups is 1. The Kier molecular flexibility index (Phi) is 4.52. The van der Waals surface area contributed by atoms with Crippen LogP contribution in [0.1, 0.15) is 49.9 Å². The van der Waals surface area contributed by atoms with Crippen LogP contribution in [0.3, 0.4) is 0 Å². The van der Waals surface area contributed by atoms with Crippen LogP contribution < -0.4 is 5.32 Å². The van der Waals surface area contributed by atoms with Gasteiger partial charge in [0.25, 0.3) is 0 Å². The van der Waals surface area contributed by atoms with E-state index in [0.29, 0.717) is 12.6 Å². The molecule has 1 aliphatic carbocycles. The molecule has 2 fully saturated rings. The Morgan fingerprint density at radius 3 is 2.68 bits per heavy atom. The Morgan fingerprint density at radius 1 is 1.23 bits per heavy atom. The zero-order valence-electron chi connectivity index (χ0n) is 14.1. The summed E-state index contributed by atoms with van der Waals surface area (Å²) in [4.78, 5) is 14.9. The maximum Gasteiger partial charge on any atom is 0.238 e. The summed E-state index contributed by atoms with van der Waals surface area (Å²) in [5, 5.41) is 7.44. The van der Waals surface area contributed by atoms with E-state index in [9.17, 15) is 4.79 Å². The number of hydrogen-bond acceptors (Lipinski definition) is 3. The Hall–Kier alpha value is -1.36. The molecule has 122 valence electrons. The molecule has 0 bridgehead atoms. The summed E-state index contributed by atoms with van der Waals surface area (Å²) in [5.74, 6) is 0.919. The van der Waals surface area contributed by atoms with Crippen LogP contribution >= 0.6 is 0 Å². The van der Waals surface area contributed by atoms with Crippen molar-refractivity contribution in [3.8, 4) is 0 Å². The molecule has 0 radical (unpaired) electrons. The van der Waals surface area contributed by atoms with Crippen molar-refractivity contribution < 1.29 is 4.79 Å². The van der Waals surface area contributed by atoms with Crippen LogP contribution in [0.2, 0.25) is 0 Å². The van der Waals surface area contributed by atoms with E-state index in [4.69, 9.17) is 0 Å². The number of nitrogens with one attached hydrogen (secondary N) is 1. The Balaban J connectivity index is 1.63. The molecule has 5 heteroatoms. The van der Waals surface area contributed by atoms with Crippen molar-refractivity contribution >= 4 is 11.6 Å². The van der Waals surface area contributed by atoms with Crippen LogP contribution in [0.25, 0.3) is 0 Å². The fourth-order valence-corrected chi connectivity index (χ4v) is 4.24. The number of hydrogen-bond donors (Lipinski definition) is 1. The molecule has 0 spiro atoms. The predicted octanol–water partition coefficient (Wildman–Crippen LogP) is 2.63. The van der Waals surface area contributed by atoms with Crippen LogP contribution in [0.4, 0.5) is 5.69 Å². The molecular formula is C17H28N4O. The second-order valence-electron chi connectivity index (χ2n) is 6.94. The third-order valence-electron chi connectivity index (χ3n) is 5.48. The second-order valence-corrected chi connectivity index (χ2v) is 6.94. The second kappa shape index (κ2) is 6.41. The summed E-state index contributed by atoms with van der Waals surface area (Å²) in [6.07, 6.45) is 7.89. The molecule has 3 rings (SSSR count). The third kappa shape index (κ3) is 3.05. The number of amides is 1. The fourth-order valence-electron chi connectivity index (χ4n) is 4.24. The van der Waals surface area contributed by atoms with Gasteiger partial charge in [0.1, 0.15) is 0 Å². The van der Waals surface area contributed by atoms with E-state index in [-0.39, 0.29) is 5.91 Å². The standard InChI is InChI=1S/C17H28N4O/c1-12-17(13(2)20(3)19-12)18-16(22)11-21-10-6-8-14-7-4-5-9-15(14)21/h14-15H,4-11H2,1-3H3,(H,18,22)/t14-,15+/m1/s1. The molecule has 1 saturated heterocycles. The van der Waals surface area contributed by atoms with E-state index in [1.54, 1.807) is 0 Å². The molecule has 2 heterocycles. The molecule has 1 amide bonds. The molecular weight excluding hydrogens is 276 g/mol. The molecule has 1 aromatic heterocycles. The first kappa shape index (κ1) is 15.5. The highest BCUT2D eigenvalue weighted by atomic mass is 16.2. The van der Waals surface area contributed by atoms with Crippen LogP contribution in [-0.2, 0) is 11.8 Å². The highest BCUT2D eigenvalue weighted by Crippen LogP contribution is 2.35. The molecule has 1 aliphatic heterocycles. The summed E-state index contributed by atoms with van der Waals surface area (Å²) < 4.78 is 1.82. The Labute approximate surface area is 133 Å². The maximum atomic E-state index is 12.5. The molecule has 22 heavy (non-hydrogen) atoms. The van der Waals surface area contributed by atoms with Gasteiger partial charge >= 0.3 is 0 Å². The number of carbonyl (C=O) groups excluding carboxylic acids is 1. The quantitative estimate of drug-likeness (QED) is 0.934. The number of anilines is 1. The lowest BCUT2D eigenvalue weighted by atomic mass is 9.78. The number of fused-ring (bicyclic) bond motifs is 1. The van der Waals surface area contributed by atoms with E-state index in [2.05, 4.69) is 15.3 Å². The van der Waals surface area contributed by atoms with Crippen molar-refractivity contribution in [3.63, 3.8) is 0 Å². The molecule has 0 aromatic carbocycles.